The molecule has 0 aliphatic rings. The van der Waals surface area contributed by atoms with E-state index >= 15 is 0 Å². The highest BCUT2D eigenvalue weighted by Crippen LogP contribution is 1.94. The minimum Gasteiger partial charge on any atom is -0.479 e. The van der Waals surface area contributed by atoms with Crippen molar-refractivity contribution in [2.24, 2.45) is 0 Å². The lowest BCUT2D eigenvalue weighted by molar-refractivity contribution is -0.146. The van der Waals surface area contributed by atoms with Crippen LogP contribution in [0.2, 0.25) is 0 Å². The number of aliphatic carboxylic acids is 1. The van der Waals surface area contributed by atoms with Crippen molar-refractivity contribution in [1.82, 2.24) is 0 Å². The average Bonchev–Trinajstić information content (AvgIpc) is 1.67. The van der Waals surface area contributed by atoms with Crippen LogP contribution >= 0.6 is 15.9 Å². The number of halogens is 1. The molecule has 0 bridgehead atoms. The number of rotatable bonds is 3. The fraction of sp³-hybridized carbons (Fsp3) is 0.750. The van der Waals surface area contributed by atoms with Crippen LogP contribution in [-0.4, -0.2) is 27.6 Å². The third-order valence-corrected chi connectivity index (χ3v) is 1.13. The number of aliphatic hydroxyl groups is 1. The summed E-state index contributed by atoms with van der Waals surface area (Å²) in [5, 5.41) is 17.1. The Labute approximate surface area is 55.5 Å². The molecular weight excluding hydrogens is 176 g/mol. The molecule has 0 aromatic heterocycles. The quantitative estimate of drug-likeness (QED) is 0.615. The third kappa shape index (κ3) is 2.98. The van der Waals surface area contributed by atoms with E-state index < -0.39 is 12.1 Å². The van der Waals surface area contributed by atoms with Gasteiger partial charge in [0, 0.05) is 5.33 Å². The predicted molar refractivity (Wildman–Crippen MR) is 32.1 cm³/mol. The van der Waals surface area contributed by atoms with Crippen molar-refractivity contribution >= 4 is 21.9 Å². The van der Waals surface area contributed by atoms with Crippen LogP contribution in [0.3, 0.4) is 0 Å². The average molecular weight is 183 g/mol. The monoisotopic (exact) mass is 182 g/mol. The molecular formula is C4H7BrO3. The van der Waals surface area contributed by atoms with E-state index in [1.54, 1.807) is 0 Å². The third-order valence-electron chi connectivity index (χ3n) is 0.668. The number of hydrogen-bond donors (Lipinski definition) is 2. The largest absolute Gasteiger partial charge is 0.479 e. The summed E-state index contributed by atoms with van der Waals surface area (Å²) in [4.78, 5) is 9.82. The Bertz CT molecular complexity index is 83.4. The molecule has 1 atom stereocenters. The highest BCUT2D eigenvalue weighted by molar-refractivity contribution is 9.09. The van der Waals surface area contributed by atoms with Crippen LogP contribution in [0.1, 0.15) is 6.42 Å². The fourth-order valence-corrected chi connectivity index (χ4v) is 0.660. The minimum absolute atomic E-state index is 0.259. The topological polar surface area (TPSA) is 57.5 Å². The van der Waals surface area contributed by atoms with Crippen molar-refractivity contribution in [1.29, 1.82) is 0 Å². The molecule has 0 amide bonds. The summed E-state index contributed by atoms with van der Waals surface area (Å²) in [5.41, 5.74) is 0. The van der Waals surface area contributed by atoms with Gasteiger partial charge in [-0.25, -0.2) is 4.79 Å². The molecule has 0 aliphatic heterocycles. The summed E-state index contributed by atoms with van der Waals surface area (Å²) in [6.45, 7) is 0. The Morgan fingerprint density at radius 1 is 1.75 bits per heavy atom. The van der Waals surface area contributed by atoms with Gasteiger partial charge in [-0.05, 0) is 6.42 Å². The minimum atomic E-state index is -1.21. The Hall–Kier alpha value is -0.0900. The van der Waals surface area contributed by atoms with Gasteiger partial charge in [0.1, 0.15) is 0 Å². The van der Waals surface area contributed by atoms with Gasteiger partial charge in [0.25, 0.3) is 0 Å². The van der Waals surface area contributed by atoms with Gasteiger partial charge in [-0.15, -0.1) is 0 Å². The van der Waals surface area contributed by atoms with Crippen molar-refractivity contribution in [3.05, 3.63) is 0 Å². The molecule has 0 radical (unpaired) electrons. The number of carboxylic acids is 1. The van der Waals surface area contributed by atoms with Crippen LogP contribution in [0.4, 0.5) is 0 Å². The zero-order valence-corrected chi connectivity index (χ0v) is 5.76. The molecule has 8 heavy (non-hydrogen) atoms. The number of aliphatic hydroxyl groups excluding tert-OH is 1. The second-order valence-corrected chi connectivity index (χ2v) is 2.12. The Morgan fingerprint density at radius 3 is 2.38 bits per heavy atom. The Morgan fingerprint density at radius 2 is 2.25 bits per heavy atom. The first kappa shape index (κ1) is 7.91. The first-order valence-electron chi connectivity index (χ1n) is 2.15. The van der Waals surface area contributed by atoms with E-state index in [2.05, 4.69) is 15.9 Å². The molecule has 0 rings (SSSR count). The van der Waals surface area contributed by atoms with Crippen molar-refractivity contribution in [3.8, 4) is 0 Å². The van der Waals surface area contributed by atoms with Crippen molar-refractivity contribution < 1.29 is 15.0 Å². The van der Waals surface area contributed by atoms with E-state index in [1.165, 1.54) is 0 Å². The SMILES string of the molecule is O=C(O)C(O)CCBr. The highest BCUT2D eigenvalue weighted by atomic mass is 79.9. The number of carboxylic acid groups (broad SMARTS) is 1. The molecule has 0 aromatic rings. The van der Waals surface area contributed by atoms with Crippen molar-refractivity contribution in [3.63, 3.8) is 0 Å². The van der Waals surface area contributed by atoms with E-state index in [-0.39, 0.29) is 6.42 Å². The summed E-state index contributed by atoms with van der Waals surface area (Å²) in [5.74, 6) is -1.16. The second-order valence-electron chi connectivity index (χ2n) is 1.33. The predicted octanol–water partition coefficient (Wildman–Crippen LogP) is 0.217. The van der Waals surface area contributed by atoms with Crippen molar-refractivity contribution in [2.45, 2.75) is 12.5 Å². The smallest absolute Gasteiger partial charge is 0.332 e. The van der Waals surface area contributed by atoms with E-state index in [1.807, 2.05) is 0 Å². The number of carbonyl (C=O) groups is 1. The molecule has 0 saturated heterocycles. The molecule has 0 fully saturated rings. The van der Waals surface area contributed by atoms with E-state index in [0.717, 1.165) is 0 Å². The molecule has 4 heteroatoms. The van der Waals surface area contributed by atoms with Gasteiger partial charge < -0.3 is 10.2 Å². The molecule has 48 valence electrons. The lowest BCUT2D eigenvalue weighted by atomic mass is 10.3. The van der Waals surface area contributed by atoms with Gasteiger partial charge in [-0.2, -0.15) is 0 Å². The standard InChI is InChI=1S/C4H7BrO3/c5-2-1-3(6)4(7)8/h3,6H,1-2H2,(H,7,8). The molecule has 3 nitrogen and oxygen atoms in total. The van der Waals surface area contributed by atoms with Gasteiger partial charge in [0.15, 0.2) is 6.10 Å². The summed E-state index contributed by atoms with van der Waals surface area (Å²) in [7, 11) is 0. The van der Waals surface area contributed by atoms with E-state index in [4.69, 9.17) is 10.2 Å². The number of hydrogen-bond acceptors (Lipinski definition) is 2. The zero-order chi connectivity index (χ0) is 6.57. The van der Waals surface area contributed by atoms with Crippen LogP contribution < -0.4 is 0 Å². The maximum absolute atomic E-state index is 9.82. The first-order chi connectivity index (χ1) is 3.68. The molecule has 0 spiro atoms. The van der Waals surface area contributed by atoms with Gasteiger partial charge in [0.2, 0.25) is 0 Å². The normalized spacial score (nSPS) is 13.2. The lowest BCUT2D eigenvalue weighted by Gasteiger charge is -1.98. The Kier molecular flexibility index (Phi) is 3.81. The fourth-order valence-electron chi connectivity index (χ4n) is 0.227. The second kappa shape index (κ2) is 3.86. The van der Waals surface area contributed by atoms with Gasteiger partial charge in [-0.1, -0.05) is 15.9 Å². The summed E-state index contributed by atoms with van der Waals surface area (Å²) < 4.78 is 0. The zero-order valence-electron chi connectivity index (χ0n) is 4.17. The highest BCUT2D eigenvalue weighted by Gasteiger charge is 2.10. The molecule has 0 aliphatic carbocycles. The van der Waals surface area contributed by atoms with Crippen molar-refractivity contribution in [2.75, 3.05) is 5.33 Å². The molecule has 0 saturated carbocycles. The first-order valence-corrected chi connectivity index (χ1v) is 3.27. The van der Waals surface area contributed by atoms with E-state index in [0.29, 0.717) is 5.33 Å². The molecule has 1 unspecified atom stereocenters. The maximum Gasteiger partial charge on any atom is 0.332 e. The molecule has 0 aromatic carbocycles. The van der Waals surface area contributed by atoms with Crippen LogP contribution in [0.5, 0.6) is 0 Å². The van der Waals surface area contributed by atoms with Gasteiger partial charge in [0.05, 0.1) is 0 Å². The molecule has 2 N–H and O–H groups in total. The summed E-state index contributed by atoms with van der Waals surface area (Å²) >= 11 is 2.99. The van der Waals surface area contributed by atoms with Gasteiger partial charge >= 0.3 is 5.97 Å². The van der Waals surface area contributed by atoms with Crippen LogP contribution in [0, 0.1) is 0 Å². The summed E-state index contributed by atoms with van der Waals surface area (Å²) in [6.07, 6.45) is -0.954. The number of alkyl halides is 1. The summed E-state index contributed by atoms with van der Waals surface area (Å²) in [6, 6.07) is 0. The van der Waals surface area contributed by atoms with Crippen LogP contribution in [-0.2, 0) is 4.79 Å². The Balaban J connectivity index is 3.32. The van der Waals surface area contributed by atoms with Crippen LogP contribution in [0.15, 0.2) is 0 Å². The molecule has 0 heterocycles. The van der Waals surface area contributed by atoms with Gasteiger partial charge in [-0.3, -0.25) is 0 Å². The maximum atomic E-state index is 9.82. The van der Waals surface area contributed by atoms with Crippen LogP contribution in [0.25, 0.3) is 0 Å². The lowest BCUT2D eigenvalue weighted by Crippen LogP contribution is -2.19. The van der Waals surface area contributed by atoms with E-state index in [9.17, 15) is 4.79 Å².